The Balaban J connectivity index is 2.42. The highest BCUT2D eigenvalue weighted by Gasteiger charge is 2.46. The summed E-state index contributed by atoms with van der Waals surface area (Å²) in [5.74, 6) is -0.927. The summed E-state index contributed by atoms with van der Waals surface area (Å²) >= 11 is 0. The Bertz CT molecular complexity index is 476. The molecule has 1 saturated heterocycles. The van der Waals surface area contributed by atoms with E-state index >= 15 is 0 Å². The van der Waals surface area contributed by atoms with Crippen molar-refractivity contribution < 1.29 is 18.8 Å². The fraction of sp³-hybridized carbons (Fsp3) is 0.571. The largest absolute Gasteiger partial charge is 0.354 e. The van der Waals surface area contributed by atoms with Crippen molar-refractivity contribution in [2.24, 2.45) is 0 Å². The van der Waals surface area contributed by atoms with Crippen molar-refractivity contribution in [3.05, 3.63) is 35.9 Å². The molecular weight excluding hydrogens is 277 g/mol. The fourth-order valence-electron chi connectivity index (χ4n) is 2.06. The van der Waals surface area contributed by atoms with E-state index in [1.54, 1.807) is 32.9 Å². The molecule has 1 fully saturated rings. The van der Waals surface area contributed by atoms with Crippen LogP contribution in [-0.4, -0.2) is 23.8 Å². The Morgan fingerprint density at radius 1 is 1.15 bits per heavy atom. The number of nitrogens with zero attached hydrogens (tertiary/aromatic N) is 1. The lowest BCUT2D eigenvalue weighted by atomic mass is 10.1. The van der Waals surface area contributed by atoms with Crippen LogP contribution in [-0.2, 0) is 18.8 Å². The molecule has 1 atom stereocenters. The normalized spacial score (nSPS) is 20.9. The molecule has 1 aromatic rings. The van der Waals surface area contributed by atoms with Gasteiger partial charge in [0.05, 0.1) is 13.2 Å². The molecule has 1 heterocycles. The van der Waals surface area contributed by atoms with E-state index in [9.17, 15) is 9.77 Å². The number of benzene rings is 1. The lowest BCUT2D eigenvalue weighted by Crippen LogP contribution is -2.41. The summed E-state index contributed by atoms with van der Waals surface area (Å²) in [5, 5.41) is 13.5. The van der Waals surface area contributed by atoms with Crippen LogP contribution >= 0.6 is 7.60 Å². The summed E-state index contributed by atoms with van der Waals surface area (Å²) in [6, 6.07) is 9.04. The van der Waals surface area contributed by atoms with E-state index in [-0.39, 0.29) is 0 Å². The molecule has 2 rings (SSSR count). The molecule has 6 heteroatoms. The van der Waals surface area contributed by atoms with Gasteiger partial charge in [-0.15, -0.1) is 10.3 Å². The predicted octanol–water partition coefficient (Wildman–Crippen LogP) is 3.76. The van der Waals surface area contributed by atoms with Crippen molar-refractivity contribution in [1.82, 2.24) is 5.06 Å². The van der Waals surface area contributed by atoms with Gasteiger partial charge in [-0.05, 0) is 32.8 Å². The Labute approximate surface area is 120 Å². The van der Waals surface area contributed by atoms with E-state index in [2.05, 4.69) is 0 Å². The van der Waals surface area contributed by atoms with Crippen LogP contribution in [0.5, 0.6) is 0 Å². The number of hydrogen-bond acceptors (Lipinski definition) is 4. The van der Waals surface area contributed by atoms with E-state index in [0.29, 0.717) is 25.2 Å². The van der Waals surface area contributed by atoms with Crippen LogP contribution in [0.1, 0.15) is 38.5 Å². The molecule has 1 unspecified atom stereocenters. The number of rotatable bonds is 3. The molecule has 0 bridgehead atoms. The maximum atomic E-state index is 12.9. The maximum Gasteiger partial charge on any atom is 0.354 e. The molecule has 0 spiro atoms. The monoisotopic (exact) mass is 298 g/mol. The Hall–Kier alpha value is -0.710. The zero-order valence-electron chi connectivity index (χ0n) is 12.1. The molecule has 0 N–H and O–H groups in total. The van der Waals surface area contributed by atoms with Gasteiger partial charge in [0.25, 0.3) is 0 Å². The predicted molar refractivity (Wildman–Crippen MR) is 75.6 cm³/mol. The summed E-state index contributed by atoms with van der Waals surface area (Å²) < 4.78 is 23.7. The van der Waals surface area contributed by atoms with Gasteiger partial charge in [0.1, 0.15) is 0 Å². The molecule has 111 valence electrons. The summed E-state index contributed by atoms with van der Waals surface area (Å²) in [5.41, 5.74) is -0.0371. The first-order chi connectivity index (χ1) is 9.34. The van der Waals surface area contributed by atoms with Crippen LogP contribution in [0.3, 0.4) is 0 Å². The molecule has 1 aromatic carbocycles. The highest BCUT2D eigenvalue weighted by molar-refractivity contribution is 7.54. The first kappa shape index (κ1) is 15.7. The fourth-order valence-corrected chi connectivity index (χ4v) is 4.32. The van der Waals surface area contributed by atoms with Crippen LogP contribution in [0.2, 0.25) is 0 Å². The Morgan fingerprint density at radius 3 is 2.20 bits per heavy atom. The summed E-state index contributed by atoms with van der Waals surface area (Å²) in [6.45, 7) is 6.07. The zero-order chi connectivity index (χ0) is 14.8. The first-order valence-corrected chi connectivity index (χ1v) is 8.36. The number of hydroxylamine groups is 2. The summed E-state index contributed by atoms with van der Waals surface area (Å²) in [7, 11) is -3.48. The molecule has 1 radical (unpaired) electrons. The topological polar surface area (TPSA) is 58.7 Å². The molecule has 0 saturated carbocycles. The second-order valence-electron chi connectivity index (χ2n) is 5.84. The van der Waals surface area contributed by atoms with Crippen LogP contribution in [0.15, 0.2) is 30.3 Å². The van der Waals surface area contributed by atoms with Gasteiger partial charge in [-0.3, -0.25) is 4.57 Å². The molecule has 0 aromatic heterocycles. The third kappa shape index (κ3) is 3.30. The van der Waals surface area contributed by atoms with E-state index in [1.807, 2.05) is 18.2 Å². The third-order valence-corrected chi connectivity index (χ3v) is 5.30. The zero-order valence-corrected chi connectivity index (χ0v) is 13.0. The van der Waals surface area contributed by atoms with Gasteiger partial charge in [0.15, 0.2) is 5.78 Å². The molecule has 0 aliphatic carbocycles. The summed E-state index contributed by atoms with van der Waals surface area (Å²) in [4.78, 5) is 0. The van der Waals surface area contributed by atoms with Crippen molar-refractivity contribution in [3.63, 3.8) is 0 Å². The Morgan fingerprint density at radius 2 is 1.70 bits per heavy atom. The van der Waals surface area contributed by atoms with Gasteiger partial charge in [-0.1, -0.05) is 30.3 Å². The van der Waals surface area contributed by atoms with E-state index < -0.39 is 18.9 Å². The molecule has 1 aliphatic rings. The van der Waals surface area contributed by atoms with E-state index in [1.165, 1.54) is 0 Å². The van der Waals surface area contributed by atoms with Gasteiger partial charge < -0.3 is 9.05 Å². The van der Waals surface area contributed by atoms with Gasteiger partial charge in [0.2, 0.25) is 0 Å². The van der Waals surface area contributed by atoms with Gasteiger partial charge in [-0.25, -0.2) is 0 Å². The van der Waals surface area contributed by atoms with Gasteiger partial charge in [0, 0.05) is 5.54 Å². The lowest BCUT2D eigenvalue weighted by molar-refractivity contribution is -0.228. The van der Waals surface area contributed by atoms with Crippen LogP contribution < -0.4 is 0 Å². The Kier molecular flexibility index (Phi) is 4.67. The average molecular weight is 298 g/mol. The van der Waals surface area contributed by atoms with Crippen LogP contribution in [0.4, 0.5) is 0 Å². The minimum Gasteiger partial charge on any atom is -0.307 e. The summed E-state index contributed by atoms with van der Waals surface area (Å²) in [6.07, 6.45) is 0.694. The van der Waals surface area contributed by atoms with Crippen molar-refractivity contribution in [2.75, 3.05) is 13.2 Å². The quantitative estimate of drug-likeness (QED) is 0.629. The minimum atomic E-state index is -3.48. The molecule has 5 nitrogen and oxygen atoms in total. The number of hydrogen-bond donors (Lipinski definition) is 0. The second kappa shape index (κ2) is 5.96. The molecule has 20 heavy (non-hydrogen) atoms. The van der Waals surface area contributed by atoms with E-state index in [4.69, 9.17) is 9.05 Å². The highest BCUT2D eigenvalue weighted by Crippen LogP contribution is 2.64. The van der Waals surface area contributed by atoms with E-state index in [0.717, 1.165) is 5.06 Å². The van der Waals surface area contributed by atoms with Crippen LogP contribution in [0, 0.1) is 0 Å². The lowest BCUT2D eigenvalue weighted by Gasteiger charge is -2.38. The maximum absolute atomic E-state index is 12.9. The first-order valence-electron chi connectivity index (χ1n) is 6.75. The molecule has 1 aliphatic heterocycles. The van der Waals surface area contributed by atoms with Gasteiger partial charge >= 0.3 is 7.60 Å². The standard InChI is InChI=1S/C14H21NO4P/c1-14(2,3)15(16)13(12-8-5-4-6-9-12)20(17)18-10-7-11-19-20/h4-6,8-9,13H,7,10-11H2,1-3H3. The van der Waals surface area contributed by atoms with Crippen LogP contribution in [0.25, 0.3) is 0 Å². The second-order valence-corrected chi connectivity index (χ2v) is 7.93. The molecular formula is C14H21NO4P. The minimum absolute atomic E-state index is 0.360. The van der Waals surface area contributed by atoms with Crippen molar-refractivity contribution in [2.45, 2.75) is 38.5 Å². The average Bonchev–Trinajstić information content (AvgIpc) is 2.39. The third-order valence-electron chi connectivity index (χ3n) is 3.11. The van der Waals surface area contributed by atoms with Crippen molar-refractivity contribution in [1.29, 1.82) is 0 Å². The van der Waals surface area contributed by atoms with Crippen molar-refractivity contribution in [3.8, 4) is 0 Å². The highest BCUT2D eigenvalue weighted by atomic mass is 31.2. The SMILES string of the molecule is CC(C)(C)N([O])C(c1ccccc1)P1(=O)OCCCO1. The van der Waals surface area contributed by atoms with Gasteiger partial charge in [-0.2, -0.15) is 0 Å². The smallest absolute Gasteiger partial charge is 0.307 e. The van der Waals surface area contributed by atoms with Crippen molar-refractivity contribution >= 4 is 7.60 Å². The molecule has 0 amide bonds.